The maximum absolute atomic E-state index is 13.1. The molecular weight excluding hydrogens is 398 g/mol. The van der Waals surface area contributed by atoms with Gasteiger partial charge in [-0.1, -0.05) is 60.7 Å². The average Bonchev–Trinajstić information content (AvgIpc) is 3.23. The fourth-order valence-electron chi connectivity index (χ4n) is 3.38. The van der Waals surface area contributed by atoms with Crippen molar-refractivity contribution in [2.24, 2.45) is 0 Å². The van der Waals surface area contributed by atoms with E-state index >= 15 is 0 Å². The van der Waals surface area contributed by atoms with E-state index in [-0.39, 0.29) is 24.4 Å². The Balaban J connectivity index is 1.54. The molecule has 0 aliphatic carbocycles. The third-order valence-corrected chi connectivity index (χ3v) is 5.83. The van der Waals surface area contributed by atoms with Gasteiger partial charge in [0.1, 0.15) is 4.70 Å². The predicted octanol–water partition coefficient (Wildman–Crippen LogP) is 3.37. The summed E-state index contributed by atoms with van der Waals surface area (Å²) in [7, 11) is 0. The molecule has 2 heterocycles. The van der Waals surface area contributed by atoms with Crippen LogP contribution in [0, 0.1) is 0 Å². The van der Waals surface area contributed by atoms with Crippen LogP contribution >= 0.6 is 11.3 Å². The molecule has 30 heavy (non-hydrogen) atoms. The Labute approximate surface area is 177 Å². The molecule has 0 saturated heterocycles. The minimum absolute atomic E-state index is 0.0426. The van der Waals surface area contributed by atoms with Gasteiger partial charge >= 0.3 is 5.69 Å². The highest BCUT2D eigenvalue weighted by Gasteiger charge is 2.16. The lowest BCUT2D eigenvalue weighted by Crippen LogP contribution is -2.37. The van der Waals surface area contributed by atoms with Gasteiger partial charge in [-0.15, -0.1) is 11.3 Å². The highest BCUT2D eigenvalue weighted by atomic mass is 32.1. The lowest BCUT2D eigenvalue weighted by Gasteiger charge is -2.23. The summed E-state index contributed by atoms with van der Waals surface area (Å²) in [4.78, 5) is 42.4. The first-order chi connectivity index (χ1) is 14.6. The van der Waals surface area contributed by atoms with Crippen molar-refractivity contribution in [1.82, 2.24) is 14.5 Å². The molecule has 0 bridgehead atoms. The average molecular weight is 420 g/mol. The third-order valence-electron chi connectivity index (χ3n) is 4.93. The molecule has 1 amide bonds. The third kappa shape index (κ3) is 4.41. The van der Waals surface area contributed by atoms with E-state index in [9.17, 15) is 14.4 Å². The molecule has 0 aliphatic heterocycles. The summed E-state index contributed by atoms with van der Waals surface area (Å²) in [6.45, 7) is 0.967. The van der Waals surface area contributed by atoms with Crippen LogP contribution in [0.4, 0.5) is 0 Å². The molecule has 2 aromatic carbocycles. The monoisotopic (exact) mass is 419 g/mol. The number of nitrogens with one attached hydrogen (secondary N) is 1. The number of nitrogens with zero attached hydrogens (tertiary/aromatic N) is 2. The fourth-order valence-corrected chi connectivity index (χ4v) is 4.18. The van der Waals surface area contributed by atoms with Crippen molar-refractivity contribution in [3.63, 3.8) is 0 Å². The number of carbonyl (C=O) groups is 1. The van der Waals surface area contributed by atoms with E-state index in [1.165, 1.54) is 11.3 Å². The van der Waals surface area contributed by atoms with E-state index in [4.69, 9.17) is 0 Å². The van der Waals surface area contributed by atoms with Crippen LogP contribution in [0.5, 0.6) is 0 Å². The Kier molecular flexibility index (Phi) is 5.90. The summed E-state index contributed by atoms with van der Waals surface area (Å²) in [6.07, 6.45) is 0.0690. The number of H-pyrrole nitrogens is 1. The molecule has 0 saturated carbocycles. The topological polar surface area (TPSA) is 75.2 Å². The number of amides is 1. The highest BCUT2D eigenvalue weighted by molar-refractivity contribution is 7.17. The van der Waals surface area contributed by atoms with Crippen molar-refractivity contribution in [1.29, 1.82) is 0 Å². The summed E-state index contributed by atoms with van der Waals surface area (Å²) in [5.41, 5.74) is 1.74. The number of aromatic nitrogens is 2. The zero-order valence-corrected chi connectivity index (χ0v) is 17.1. The number of hydrogen-bond donors (Lipinski definition) is 1. The summed E-state index contributed by atoms with van der Waals surface area (Å²) >= 11 is 1.28. The largest absolute Gasteiger partial charge is 0.334 e. The van der Waals surface area contributed by atoms with Crippen LogP contribution in [-0.4, -0.2) is 20.4 Å². The quantitative estimate of drug-likeness (QED) is 0.499. The van der Waals surface area contributed by atoms with Gasteiger partial charge in [-0.25, -0.2) is 4.79 Å². The first-order valence-electron chi connectivity index (χ1n) is 9.68. The van der Waals surface area contributed by atoms with Crippen LogP contribution < -0.4 is 11.2 Å². The SMILES string of the molecule is O=C(CCn1c(=O)[nH]c2ccsc2c1=O)N(Cc1ccccc1)Cc1ccccc1. The van der Waals surface area contributed by atoms with Crippen LogP contribution in [0.1, 0.15) is 17.5 Å². The number of thiophene rings is 1. The molecule has 152 valence electrons. The van der Waals surface area contributed by atoms with Gasteiger partial charge in [-0.2, -0.15) is 0 Å². The van der Waals surface area contributed by atoms with Crippen molar-refractivity contribution in [2.45, 2.75) is 26.1 Å². The van der Waals surface area contributed by atoms with E-state index in [0.717, 1.165) is 15.7 Å². The Hall–Kier alpha value is -3.45. The van der Waals surface area contributed by atoms with Gasteiger partial charge in [0.15, 0.2) is 0 Å². The molecule has 6 nitrogen and oxygen atoms in total. The smallest absolute Gasteiger partial charge is 0.328 e. The fraction of sp³-hybridized carbons (Fsp3) is 0.174. The van der Waals surface area contributed by atoms with Gasteiger partial charge in [-0.3, -0.25) is 14.2 Å². The zero-order chi connectivity index (χ0) is 20.9. The van der Waals surface area contributed by atoms with Gasteiger partial charge in [0.05, 0.1) is 5.52 Å². The predicted molar refractivity (Wildman–Crippen MR) is 118 cm³/mol. The van der Waals surface area contributed by atoms with Crippen molar-refractivity contribution in [2.75, 3.05) is 0 Å². The molecule has 0 spiro atoms. The molecule has 0 unspecified atom stereocenters. The van der Waals surface area contributed by atoms with Crippen LogP contribution in [-0.2, 0) is 24.4 Å². The maximum atomic E-state index is 13.1. The molecule has 1 N–H and O–H groups in total. The highest BCUT2D eigenvalue weighted by Crippen LogP contribution is 2.14. The van der Waals surface area contributed by atoms with Crippen LogP contribution in [0.3, 0.4) is 0 Å². The summed E-state index contributed by atoms with van der Waals surface area (Å²) in [5.74, 6) is -0.111. The van der Waals surface area contributed by atoms with Crippen molar-refractivity contribution < 1.29 is 4.79 Å². The second kappa shape index (κ2) is 8.92. The van der Waals surface area contributed by atoms with E-state index in [1.54, 1.807) is 16.3 Å². The second-order valence-corrected chi connectivity index (χ2v) is 7.94. The Morgan fingerprint density at radius 1 is 0.900 bits per heavy atom. The molecule has 0 radical (unpaired) electrons. The van der Waals surface area contributed by atoms with Gasteiger partial charge in [-0.05, 0) is 22.6 Å². The van der Waals surface area contributed by atoms with E-state index in [2.05, 4.69) is 4.98 Å². The lowest BCUT2D eigenvalue weighted by atomic mass is 10.1. The molecule has 0 aliphatic rings. The Morgan fingerprint density at radius 2 is 1.50 bits per heavy atom. The van der Waals surface area contributed by atoms with Crippen LogP contribution in [0.2, 0.25) is 0 Å². The number of fused-ring (bicyclic) bond motifs is 1. The zero-order valence-electron chi connectivity index (χ0n) is 16.3. The van der Waals surface area contributed by atoms with Gasteiger partial charge in [0.2, 0.25) is 5.91 Å². The number of benzene rings is 2. The summed E-state index contributed by atoms with van der Waals surface area (Å²) in [5, 5.41) is 1.76. The molecule has 4 aromatic rings. The van der Waals surface area contributed by atoms with Crippen molar-refractivity contribution in [3.05, 3.63) is 104 Å². The number of aromatic amines is 1. The lowest BCUT2D eigenvalue weighted by molar-refractivity contribution is -0.132. The van der Waals surface area contributed by atoms with Crippen LogP contribution in [0.15, 0.2) is 81.7 Å². The van der Waals surface area contributed by atoms with Crippen molar-refractivity contribution >= 4 is 27.5 Å². The molecule has 2 aromatic heterocycles. The summed E-state index contributed by atoms with van der Waals surface area (Å²) < 4.78 is 1.60. The number of rotatable bonds is 7. The molecule has 4 rings (SSSR count). The van der Waals surface area contributed by atoms with Crippen LogP contribution in [0.25, 0.3) is 10.2 Å². The van der Waals surface area contributed by atoms with E-state index in [0.29, 0.717) is 23.3 Å². The molecule has 0 atom stereocenters. The van der Waals surface area contributed by atoms with Gasteiger partial charge in [0, 0.05) is 26.1 Å². The number of carbonyl (C=O) groups excluding carboxylic acids is 1. The Morgan fingerprint density at radius 3 is 2.10 bits per heavy atom. The minimum Gasteiger partial charge on any atom is -0.334 e. The van der Waals surface area contributed by atoms with Crippen molar-refractivity contribution in [3.8, 4) is 0 Å². The first kappa shape index (κ1) is 19.8. The second-order valence-electron chi connectivity index (χ2n) is 7.02. The number of hydrogen-bond acceptors (Lipinski definition) is 4. The van der Waals surface area contributed by atoms with Gasteiger partial charge < -0.3 is 9.88 Å². The Bertz CT molecular complexity index is 1220. The molecule has 7 heteroatoms. The van der Waals surface area contributed by atoms with E-state index in [1.807, 2.05) is 60.7 Å². The van der Waals surface area contributed by atoms with Gasteiger partial charge in [0.25, 0.3) is 5.56 Å². The normalized spacial score (nSPS) is 10.9. The first-order valence-corrected chi connectivity index (χ1v) is 10.6. The van der Waals surface area contributed by atoms with E-state index < -0.39 is 5.69 Å². The molecular formula is C23H21N3O3S. The minimum atomic E-state index is -0.489. The standard InChI is InChI=1S/C23H21N3O3S/c27-20(11-13-26-22(28)21-19(12-14-30-21)24-23(26)29)25(15-17-7-3-1-4-8-17)16-18-9-5-2-6-10-18/h1-10,12,14H,11,13,15-16H2,(H,24,29). The maximum Gasteiger partial charge on any atom is 0.328 e. The molecule has 0 fully saturated rings. The summed E-state index contributed by atoms with van der Waals surface area (Å²) in [6, 6.07) is 21.3.